The number of halogens is 1. The number of nitrogens with one attached hydrogen (secondary N) is 1. The first-order chi connectivity index (χ1) is 20.7. The van der Waals surface area contributed by atoms with Gasteiger partial charge in [-0.2, -0.15) is 0 Å². The molecule has 0 radical (unpaired) electrons. The molecule has 0 fully saturated rings. The van der Waals surface area contributed by atoms with Crippen molar-refractivity contribution in [1.29, 1.82) is 0 Å². The first-order valence-corrected chi connectivity index (χ1v) is 14.3. The Balaban J connectivity index is 1.28. The Hall–Kier alpha value is -4.69. The van der Waals surface area contributed by atoms with E-state index < -0.39 is 24.1 Å². The molecule has 0 aliphatic rings. The zero-order valence-electron chi connectivity index (χ0n) is 23.8. The molecule has 0 spiro atoms. The molecule has 224 valence electrons. The van der Waals surface area contributed by atoms with E-state index in [0.29, 0.717) is 38.7 Å². The maximum Gasteiger partial charge on any atom is 0.412 e. The third-order valence-electron chi connectivity index (χ3n) is 6.20. The Bertz CT molecular complexity index is 1750. The standard InChI is InChI=1S/C29H29FN6O6S/c1-5-39-25-14-31-26-19(8-15(2)9-22(26)35-25)27-36-21-10-20(30)23(11-24(21)43-27)41-16(3)17(4)42-29(38)34-18-12-32-28(33-13-18)40-7-6-37/h8-14,16-17,37H,5-7H2,1-4H3,(H,34,38)/t16-,17+/m0/s1. The van der Waals surface area contributed by atoms with E-state index in [1.165, 1.54) is 29.8 Å². The van der Waals surface area contributed by atoms with Gasteiger partial charge in [0.25, 0.3) is 0 Å². The van der Waals surface area contributed by atoms with Gasteiger partial charge in [0.2, 0.25) is 5.88 Å². The number of carbonyl (C=O) groups excluding carboxylic acids is 1. The number of aliphatic hydroxyl groups is 1. The second-order valence-electron chi connectivity index (χ2n) is 9.48. The normalized spacial score (nSPS) is 12.6. The molecule has 43 heavy (non-hydrogen) atoms. The molecule has 0 aliphatic heterocycles. The molecule has 2 N–H and O–H groups in total. The fourth-order valence-corrected chi connectivity index (χ4v) is 5.06. The van der Waals surface area contributed by atoms with Crippen molar-refractivity contribution in [2.75, 3.05) is 25.1 Å². The molecule has 0 unspecified atom stereocenters. The Morgan fingerprint density at radius 1 is 1.02 bits per heavy atom. The summed E-state index contributed by atoms with van der Waals surface area (Å²) in [7, 11) is 0. The predicted octanol–water partition coefficient (Wildman–Crippen LogP) is 5.32. The summed E-state index contributed by atoms with van der Waals surface area (Å²) in [5, 5.41) is 12.0. The van der Waals surface area contributed by atoms with E-state index in [9.17, 15) is 4.79 Å². The van der Waals surface area contributed by atoms with Gasteiger partial charge in [-0.15, -0.1) is 11.3 Å². The zero-order chi connectivity index (χ0) is 30.5. The maximum atomic E-state index is 15.1. The summed E-state index contributed by atoms with van der Waals surface area (Å²) < 4.78 is 37.6. The lowest BCUT2D eigenvalue weighted by Crippen LogP contribution is -2.32. The molecule has 2 atom stereocenters. The van der Waals surface area contributed by atoms with Crippen LogP contribution >= 0.6 is 11.3 Å². The highest BCUT2D eigenvalue weighted by Gasteiger charge is 2.22. The van der Waals surface area contributed by atoms with Crippen LogP contribution in [0, 0.1) is 12.7 Å². The summed E-state index contributed by atoms with van der Waals surface area (Å²) in [5.41, 5.74) is 3.86. The minimum Gasteiger partial charge on any atom is -0.484 e. The van der Waals surface area contributed by atoms with Crippen LogP contribution in [-0.4, -0.2) is 68.1 Å². The average Bonchev–Trinajstić information content (AvgIpc) is 3.39. The van der Waals surface area contributed by atoms with Crippen molar-refractivity contribution in [1.82, 2.24) is 24.9 Å². The van der Waals surface area contributed by atoms with Gasteiger partial charge < -0.3 is 24.1 Å². The summed E-state index contributed by atoms with van der Waals surface area (Å²) in [6.45, 7) is 7.51. The van der Waals surface area contributed by atoms with E-state index in [4.69, 9.17) is 24.1 Å². The van der Waals surface area contributed by atoms with Gasteiger partial charge in [0.15, 0.2) is 11.6 Å². The molecule has 1 amide bonds. The first-order valence-electron chi connectivity index (χ1n) is 13.4. The lowest BCUT2D eigenvalue weighted by Gasteiger charge is -2.22. The highest BCUT2D eigenvalue weighted by atomic mass is 32.1. The molecular weight excluding hydrogens is 579 g/mol. The molecule has 5 aromatic rings. The molecule has 5 rings (SSSR count). The summed E-state index contributed by atoms with van der Waals surface area (Å²) in [5.74, 6) is -0.144. The number of aromatic nitrogens is 5. The van der Waals surface area contributed by atoms with Crippen LogP contribution < -0.4 is 19.5 Å². The number of anilines is 1. The fraction of sp³-hybridized carbons (Fsp3) is 0.310. The van der Waals surface area contributed by atoms with Crippen molar-refractivity contribution in [2.24, 2.45) is 0 Å². The number of aliphatic hydroxyl groups excluding tert-OH is 1. The Labute approximate surface area is 249 Å². The summed E-state index contributed by atoms with van der Waals surface area (Å²) in [6, 6.07) is 6.87. The minimum absolute atomic E-state index is 0.00757. The number of carbonyl (C=O) groups is 1. The van der Waals surface area contributed by atoms with Crippen LogP contribution in [0.25, 0.3) is 31.8 Å². The van der Waals surface area contributed by atoms with Crippen molar-refractivity contribution >= 4 is 44.4 Å². The number of benzene rings is 2. The van der Waals surface area contributed by atoms with Gasteiger partial charge in [-0.3, -0.25) is 5.32 Å². The summed E-state index contributed by atoms with van der Waals surface area (Å²) in [4.78, 5) is 34.0. The third kappa shape index (κ3) is 7.04. The van der Waals surface area contributed by atoms with Crippen LogP contribution in [0.15, 0.2) is 42.9 Å². The van der Waals surface area contributed by atoms with E-state index in [1.807, 2.05) is 26.0 Å². The van der Waals surface area contributed by atoms with E-state index in [-0.39, 0.29) is 30.7 Å². The van der Waals surface area contributed by atoms with Crippen LogP contribution in [0.3, 0.4) is 0 Å². The molecule has 2 aromatic carbocycles. The second-order valence-corrected chi connectivity index (χ2v) is 10.5. The molecule has 14 heteroatoms. The van der Waals surface area contributed by atoms with Gasteiger partial charge in [-0.25, -0.2) is 34.1 Å². The number of rotatable bonds is 11. The molecule has 3 heterocycles. The van der Waals surface area contributed by atoms with Gasteiger partial charge in [0, 0.05) is 17.7 Å². The van der Waals surface area contributed by atoms with Crippen molar-refractivity contribution in [2.45, 2.75) is 39.9 Å². The van der Waals surface area contributed by atoms with Crippen LogP contribution in [0.5, 0.6) is 17.6 Å². The van der Waals surface area contributed by atoms with Crippen LogP contribution in [0.2, 0.25) is 0 Å². The minimum atomic E-state index is -0.763. The van der Waals surface area contributed by atoms with E-state index in [1.54, 1.807) is 26.1 Å². The molecule has 0 aliphatic carbocycles. The topological polar surface area (TPSA) is 151 Å². The quantitative estimate of drug-likeness (QED) is 0.201. The van der Waals surface area contributed by atoms with Crippen LogP contribution in [0.4, 0.5) is 14.9 Å². The van der Waals surface area contributed by atoms with E-state index >= 15 is 4.39 Å². The lowest BCUT2D eigenvalue weighted by molar-refractivity contribution is 0.0402. The van der Waals surface area contributed by atoms with Gasteiger partial charge >= 0.3 is 12.1 Å². The van der Waals surface area contributed by atoms with Gasteiger partial charge in [-0.1, -0.05) is 0 Å². The molecule has 0 saturated heterocycles. The number of amides is 1. The second kappa shape index (κ2) is 13.1. The highest BCUT2D eigenvalue weighted by molar-refractivity contribution is 7.21. The molecule has 12 nitrogen and oxygen atoms in total. The average molecular weight is 609 g/mol. The number of hydrogen-bond donors (Lipinski definition) is 2. The number of aryl methyl sites for hydroxylation is 1. The number of hydrogen-bond acceptors (Lipinski definition) is 12. The van der Waals surface area contributed by atoms with Gasteiger partial charge in [0.1, 0.15) is 23.8 Å². The highest BCUT2D eigenvalue weighted by Crippen LogP contribution is 2.37. The fourth-order valence-electron chi connectivity index (χ4n) is 4.06. The van der Waals surface area contributed by atoms with Crippen molar-refractivity contribution in [3.8, 4) is 28.2 Å². The lowest BCUT2D eigenvalue weighted by atomic mass is 10.1. The monoisotopic (exact) mass is 608 g/mol. The summed E-state index contributed by atoms with van der Waals surface area (Å²) >= 11 is 1.38. The molecular formula is C29H29FN6O6S. The Kier molecular flexibility index (Phi) is 9.07. The molecule has 3 aromatic heterocycles. The predicted molar refractivity (Wildman–Crippen MR) is 158 cm³/mol. The van der Waals surface area contributed by atoms with Crippen LogP contribution in [-0.2, 0) is 4.74 Å². The smallest absolute Gasteiger partial charge is 0.412 e. The Morgan fingerprint density at radius 3 is 2.56 bits per heavy atom. The number of fused-ring (bicyclic) bond motifs is 2. The maximum absolute atomic E-state index is 15.1. The van der Waals surface area contributed by atoms with Gasteiger partial charge in [0.05, 0.1) is 58.7 Å². The van der Waals surface area contributed by atoms with E-state index in [2.05, 4.69) is 30.2 Å². The van der Waals surface area contributed by atoms with Gasteiger partial charge in [-0.05, 0) is 45.4 Å². The molecule has 0 bridgehead atoms. The SMILES string of the molecule is CCOc1cnc2c(-c3nc4cc(F)c(O[C@@H](C)[C@@H](C)OC(=O)Nc5cnc(OCCO)nc5)cc4s3)cc(C)cc2n1. The first kappa shape index (κ1) is 29.8. The molecule has 0 saturated carbocycles. The van der Waals surface area contributed by atoms with Crippen molar-refractivity contribution in [3.63, 3.8) is 0 Å². The number of ether oxygens (including phenoxy) is 4. The van der Waals surface area contributed by atoms with Crippen molar-refractivity contribution < 1.29 is 33.2 Å². The third-order valence-corrected chi connectivity index (χ3v) is 7.25. The van der Waals surface area contributed by atoms with Crippen molar-refractivity contribution in [3.05, 3.63) is 54.2 Å². The zero-order valence-corrected chi connectivity index (χ0v) is 24.6. The largest absolute Gasteiger partial charge is 0.484 e. The Morgan fingerprint density at radius 2 is 1.81 bits per heavy atom. The number of nitrogens with zero attached hydrogens (tertiary/aromatic N) is 5. The van der Waals surface area contributed by atoms with Crippen LogP contribution in [0.1, 0.15) is 26.3 Å². The number of thiazole rings is 1. The summed E-state index contributed by atoms with van der Waals surface area (Å²) in [6.07, 6.45) is 2.06. The van der Waals surface area contributed by atoms with E-state index in [0.717, 1.165) is 11.1 Å².